The van der Waals surface area contributed by atoms with Crippen molar-refractivity contribution in [2.45, 2.75) is 38.3 Å². The van der Waals surface area contributed by atoms with Crippen molar-refractivity contribution in [1.29, 1.82) is 0 Å². The summed E-state index contributed by atoms with van der Waals surface area (Å²) >= 11 is 0. The number of hydrogen-bond acceptors (Lipinski definition) is 3. The molecule has 3 heteroatoms. The molecule has 1 fully saturated rings. The first kappa shape index (κ1) is 10.3. The molecule has 0 aromatic heterocycles. The Morgan fingerprint density at radius 3 is 2.67 bits per heavy atom. The number of hydrogen-bond donors (Lipinski definition) is 2. The lowest BCUT2D eigenvalue weighted by Gasteiger charge is -2.14. The quantitative estimate of drug-likeness (QED) is 0.744. The minimum atomic E-state index is 0.388. The molecule has 0 unspecified atom stereocenters. The van der Waals surface area contributed by atoms with Crippen LogP contribution in [0.2, 0.25) is 0 Å². The highest BCUT2D eigenvalue weighted by Gasteiger charge is 2.16. The highest BCUT2D eigenvalue weighted by molar-refractivity contribution is 5.50. The van der Waals surface area contributed by atoms with Crippen LogP contribution in [0.15, 0.2) is 18.2 Å². The molecule has 0 bridgehead atoms. The average molecular weight is 206 g/mol. The van der Waals surface area contributed by atoms with Crippen molar-refractivity contribution >= 4 is 5.69 Å². The number of ether oxygens (including phenoxy) is 1. The van der Waals surface area contributed by atoms with Gasteiger partial charge >= 0.3 is 0 Å². The van der Waals surface area contributed by atoms with Crippen molar-refractivity contribution in [3.05, 3.63) is 23.8 Å². The van der Waals surface area contributed by atoms with Gasteiger partial charge in [-0.05, 0) is 49.4 Å². The van der Waals surface area contributed by atoms with E-state index in [1.165, 1.54) is 25.7 Å². The summed E-state index contributed by atoms with van der Waals surface area (Å²) in [7, 11) is 0. The fraction of sp³-hybridized carbons (Fsp3) is 0.500. The maximum atomic E-state index is 5.86. The van der Waals surface area contributed by atoms with Crippen LogP contribution >= 0.6 is 0 Å². The summed E-state index contributed by atoms with van der Waals surface area (Å²) in [6.45, 7) is 0.466. The van der Waals surface area contributed by atoms with Crippen molar-refractivity contribution in [2.24, 2.45) is 5.73 Å². The summed E-state index contributed by atoms with van der Waals surface area (Å²) in [5.41, 5.74) is 13.1. The van der Waals surface area contributed by atoms with E-state index < -0.39 is 0 Å². The normalized spacial score (nSPS) is 16.9. The van der Waals surface area contributed by atoms with Crippen LogP contribution in [0.25, 0.3) is 0 Å². The van der Waals surface area contributed by atoms with Gasteiger partial charge in [0.2, 0.25) is 0 Å². The molecule has 0 saturated heterocycles. The molecule has 3 nitrogen and oxygen atoms in total. The minimum Gasteiger partial charge on any atom is -0.490 e. The molecule has 15 heavy (non-hydrogen) atoms. The van der Waals surface area contributed by atoms with Crippen LogP contribution in [0.3, 0.4) is 0 Å². The summed E-state index contributed by atoms with van der Waals surface area (Å²) in [6.07, 6.45) is 5.29. The van der Waals surface area contributed by atoms with Crippen molar-refractivity contribution in [3.8, 4) is 5.75 Å². The molecule has 82 valence electrons. The second kappa shape index (κ2) is 4.53. The fourth-order valence-corrected chi connectivity index (χ4v) is 2.03. The van der Waals surface area contributed by atoms with E-state index in [1.807, 2.05) is 18.2 Å². The first-order chi connectivity index (χ1) is 7.29. The number of anilines is 1. The summed E-state index contributed by atoms with van der Waals surface area (Å²) < 4.78 is 5.86. The van der Waals surface area contributed by atoms with Gasteiger partial charge in [0.25, 0.3) is 0 Å². The van der Waals surface area contributed by atoms with Crippen LogP contribution in [-0.4, -0.2) is 6.10 Å². The smallest absolute Gasteiger partial charge is 0.120 e. The van der Waals surface area contributed by atoms with Gasteiger partial charge in [-0.3, -0.25) is 0 Å². The van der Waals surface area contributed by atoms with Crippen LogP contribution in [-0.2, 0) is 6.54 Å². The summed E-state index contributed by atoms with van der Waals surface area (Å²) in [4.78, 5) is 0. The molecule has 0 aliphatic heterocycles. The maximum absolute atomic E-state index is 5.86. The van der Waals surface area contributed by atoms with Crippen LogP contribution in [0, 0.1) is 0 Å². The summed E-state index contributed by atoms with van der Waals surface area (Å²) in [6, 6.07) is 5.74. The zero-order valence-corrected chi connectivity index (χ0v) is 8.91. The summed E-state index contributed by atoms with van der Waals surface area (Å²) in [5.74, 6) is 0.900. The Morgan fingerprint density at radius 2 is 2.00 bits per heavy atom. The predicted molar refractivity (Wildman–Crippen MR) is 61.6 cm³/mol. The van der Waals surface area contributed by atoms with Crippen LogP contribution in [0.5, 0.6) is 5.75 Å². The Hall–Kier alpha value is -1.22. The Balaban J connectivity index is 2.07. The van der Waals surface area contributed by atoms with Gasteiger partial charge < -0.3 is 16.2 Å². The zero-order chi connectivity index (χ0) is 10.7. The molecule has 1 aromatic carbocycles. The lowest BCUT2D eigenvalue weighted by molar-refractivity contribution is 0.210. The van der Waals surface area contributed by atoms with Crippen molar-refractivity contribution in [2.75, 3.05) is 5.73 Å². The molecule has 0 heterocycles. The highest BCUT2D eigenvalue weighted by Crippen LogP contribution is 2.26. The van der Waals surface area contributed by atoms with Crippen molar-refractivity contribution in [3.63, 3.8) is 0 Å². The summed E-state index contributed by atoms with van der Waals surface area (Å²) in [5, 5.41) is 0. The SMILES string of the molecule is NCc1cc(OC2CCCC2)ccc1N. The lowest BCUT2D eigenvalue weighted by Crippen LogP contribution is -2.11. The topological polar surface area (TPSA) is 61.3 Å². The predicted octanol–water partition coefficient (Wildman–Crippen LogP) is 2.05. The molecule has 0 atom stereocenters. The second-order valence-electron chi connectivity index (χ2n) is 4.09. The number of benzene rings is 1. The molecule has 1 saturated carbocycles. The molecule has 1 aliphatic rings. The van der Waals surface area contributed by atoms with E-state index in [4.69, 9.17) is 16.2 Å². The third kappa shape index (κ3) is 2.42. The average Bonchev–Trinajstić information content (AvgIpc) is 2.73. The first-order valence-corrected chi connectivity index (χ1v) is 5.54. The van der Waals surface area contributed by atoms with Crippen LogP contribution < -0.4 is 16.2 Å². The molecule has 0 amide bonds. The van der Waals surface area contributed by atoms with E-state index in [1.54, 1.807) is 0 Å². The highest BCUT2D eigenvalue weighted by atomic mass is 16.5. The lowest BCUT2D eigenvalue weighted by atomic mass is 10.1. The molecule has 4 N–H and O–H groups in total. The Morgan fingerprint density at radius 1 is 1.27 bits per heavy atom. The first-order valence-electron chi connectivity index (χ1n) is 5.54. The van der Waals surface area contributed by atoms with Gasteiger partial charge in [-0.25, -0.2) is 0 Å². The van der Waals surface area contributed by atoms with Crippen LogP contribution in [0.1, 0.15) is 31.2 Å². The third-order valence-corrected chi connectivity index (χ3v) is 2.94. The third-order valence-electron chi connectivity index (χ3n) is 2.94. The Kier molecular flexibility index (Phi) is 3.11. The fourth-order valence-electron chi connectivity index (χ4n) is 2.03. The molecule has 1 aliphatic carbocycles. The molecule has 0 radical (unpaired) electrons. The molecule has 0 spiro atoms. The van der Waals surface area contributed by atoms with Crippen molar-refractivity contribution < 1.29 is 4.74 Å². The van der Waals surface area contributed by atoms with E-state index in [-0.39, 0.29) is 0 Å². The maximum Gasteiger partial charge on any atom is 0.120 e. The van der Waals surface area contributed by atoms with Gasteiger partial charge in [-0.1, -0.05) is 0 Å². The Labute approximate surface area is 90.4 Å². The second-order valence-corrected chi connectivity index (χ2v) is 4.09. The minimum absolute atomic E-state index is 0.388. The van der Waals surface area contributed by atoms with Gasteiger partial charge in [-0.15, -0.1) is 0 Å². The van der Waals surface area contributed by atoms with E-state index in [2.05, 4.69) is 0 Å². The number of rotatable bonds is 3. The monoisotopic (exact) mass is 206 g/mol. The van der Waals surface area contributed by atoms with E-state index in [0.29, 0.717) is 12.6 Å². The van der Waals surface area contributed by atoms with Gasteiger partial charge in [0.15, 0.2) is 0 Å². The van der Waals surface area contributed by atoms with Gasteiger partial charge in [0.1, 0.15) is 5.75 Å². The van der Waals surface area contributed by atoms with E-state index in [9.17, 15) is 0 Å². The number of nitrogens with two attached hydrogens (primary N) is 2. The van der Waals surface area contributed by atoms with Crippen LogP contribution in [0.4, 0.5) is 5.69 Å². The van der Waals surface area contributed by atoms with E-state index >= 15 is 0 Å². The van der Waals surface area contributed by atoms with Gasteiger partial charge in [0.05, 0.1) is 6.10 Å². The van der Waals surface area contributed by atoms with Gasteiger partial charge in [-0.2, -0.15) is 0 Å². The molecule has 2 rings (SSSR count). The largest absolute Gasteiger partial charge is 0.490 e. The zero-order valence-electron chi connectivity index (χ0n) is 8.91. The molecular weight excluding hydrogens is 188 g/mol. The molecule has 1 aromatic rings. The van der Waals surface area contributed by atoms with Gasteiger partial charge in [0, 0.05) is 12.2 Å². The van der Waals surface area contributed by atoms with E-state index in [0.717, 1.165) is 17.0 Å². The Bertz CT molecular complexity index is 332. The molecular formula is C12H18N2O. The van der Waals surface area contributed by atoms with Crippen molar-refractivity contribution in [1.82, 2.24) is 0 Å². The number of nitrogen functional groups attached to an aromatic ring is 1. The standard InChI is InChI=1S/C12H18N2O/c13-8-9-7-11(5-6-12(9)14)15-10-3-1-2-4-10/h5-7,10H,1-4,8,13-14H2.